The number of hydrogen-bond donors (Lipinski definition) is 1. The van der Waals surface area contributed by atoms with Crippen molar-refractivity contribution >= 4 is 0 Å². The van der Waals surface area contributed by atoms with Crippen molar-refractivity contribution in [2.45, 2.75) is 39.3 Å². The Labute approximate surface area is 137 Å². The van der Waals surface area contributed by atoms with Crippen LogP contribution in [0, 0.1) is 5.92 Å². The maximum atomic E-state index is 6.30. The van der Waals surface area contributed by atoms with Crippen LogP contribution in [0.1, 0.15) is 32.8 Å². The first-order valence-corrected chi connectivity index (χ1v) is 8.06. The van der Waals surface area contributed by atoms with Crippen LogP contribution in [0.15, 0.2) is 36.7 Å². The van der Waals surface area contributed by atoms with E-state index in [1.807, 2.05) is 43.6 Å². The fourth-order valence-corrected chi connectivity index (χ4v) is 3.13. The highest BCUT2D eigenvalue weighted by molar-refractivity contribution is 5.75. The molecule has 2 heterocycles. The Hall–Kier alpha value is -2.07. The highest BCUT2D eigenvalue weighted by Crippen LogP contribution is 2.39. The number of pyridine rings is 1. The van der Waals surface area contributed by atoms with Gasteiger partial charge in [-0.3, -0.25) is 4.98 Å². The van der Waals surface area contributed by atoms with Crippen molar-refractivity contribution in [3.8, 4) is 22.6 Å². The number of aromatic nitrogens is 1. The molecule has 0 radical (unpaired) electrons. The van der Waals surface area contributed by atoms with Gasteiger partial charge in [-0.25, -0.2) is 0 Å². The van der Waals surface area contributed by atoms with Crippen LogP contribution in [-0.4, -0.2) is 17.1 Å². The van der Waals surface area contributed by atoms with Crippen molar-refractivity contribution in [2.75, 3.05) is 6.61 Å². The summed E-state index contributed by atoms with van der Waals surface area (Å²) in [6.07, 6.45) is 4.59. The van der Waals surface area contributed by atoms with Crippen LogP contribution < -0.4 is 15.2 Å². The minimum atomic E-state index is -0.330. The van der Waals surface area contributed by atoms with Crippen LogP contribution in [0.5, 0.6) is 11.5 Å². The van der Waals surface area contributed by atoms with Gasteiger partial charge < -0.3 is 15.2 Å². The molecule has 3 rings (SSSR count). The van der Waals surface area contributed by atoms with Crippen molar-refractivity contribution in [3.05, 3.63) is 42.2 Å². The zero-order valence-electron chi connectivity index (χ0n) is 14.0. The van der Waals surface area contributed by atoms with E-state index < -0.39 is 0 Å². The molecular formula is C19H24N2O2. The zero-order valence-corrected chi connectivity index (χ0v) is 14.0. The summed E-state index contributed by atoms with van der Waals surface area (Å²) in [5, 5.41) is 0. The van der Waals surface area contributed by atoms with Gasteiger partial charge in [0.05, 0.1) is 0 Å². The van der Waals surface area contributed by atoms with E-state index in [-0.39, 0.29) is 5.54 Å². The van der Waals surface area contributed by atoms with Crippen LogP contribution >= 0.6 is 0 Å². The van der Waals surface area contributed by atoms with E-state index in [0.717, 1.165) is 29.0 Å². The molecular weight excluding hydrogens is 288 g/mol. The standard InChI is InChI=1S/C19H24N2O2/c1-13(2)9-19(3,20)12-23-15-4-5-17-16-6-7-21-10-14(16)11-22-18(17)8-15/h4-8,10,13H,9,11-12,20H2,1-3H3. The van der Waals surface area contributed by atoms with Crippen LogP contribution in [-0.2, 0) is 6.61 Å². The van der Waals surface area contributed by atoms with Crippen LogP contribution in [0.2, 0.25) is 0 Å². The van der Waals surface area contributed by atoms with Crippen molar-refractivity contribution in [1.29, 1.82) is 0 Å². The van der Waals surface area contributed by atoms with Gasteiger partial charge in [0.2, 0.25) is 0 Å². The number of nitrogens with zero attached hydrogens (tertiary/aromatic N) is 1. The topological polar surface area (TPSA) is 57.4 Å². The highest BCUT2D eigenvalue weighted by Gasteiger charge is 2.22. The van der Waals surface area contributed by atoms with E-state index in [1.165, 1.54) is 5.56 Å². The first kappa shape index (κ1) is 15.8. The third-order valence-electron chi connectivity index (χ3n) is 3.97. The summed E-state index contributed by atoms with van der Waals surface area (Å²) >= 11 is 0. The molecule has 0 spiro atoms. The first-order chi connectivity index (χ1) is 10.9. The quantitative estimate of drug-likeness (QED) is 0.912. The van der Waals surface area contributed by atoms with Gasteiger partial charge in [0.15, 0.2) is 0 Å². The summed E-state index contributed by atoms with van der Waals surface area (Å²) in [5.41, 5.74) is 9.34. The summed E-state index contributed by atoms with van der Waals surface area (Å²) in [5.74, 6) is 2.19. The molecule has 1 aliphatic rings. The highest BCUT2D eigenvalue weighted by atomic mass is 16.5. The number of benzene rings is 1. The average Bonchev–Trinajstić information content (AvgIpc) is 2.51. The largest absolute Gasteiger partial charge is 0.492 e. The molecule has 4 heteroatoms. The molecule has 1 aliphatic heterocycles. The molecule has 1 aromatic carbocycles. The second kappa shape index (κ2) is 6.20. The molecule has 2 aromatic rings. The molecule has 0 aliphatic carbocycles. The number of nitrogens with two attached hydrogens (primary N) is 1. The predicted molar refractivity (Wildman–Crippen MR) is 91.5 cm³/mol. The van der Waals surface area contributed by atoms with Crippen molar-refractivity contribution in [3.63, 3.8) is 0 Å². The number of ether oxygens (including phenoxy) is 2. The van der Waals surface area contributed by atoms with Crippen LogP contribution in [0.3, 0.4) is 0 Å². The Morgan fingerprint density at radius 3 is 2.91 bits per heavy atom. The second-order valence-corrected chi connectivity index (χ2v) is 7.02. The minimum absolute atomic E-state index is 0.330. The second-order valence-electron chi connectivity index (χ2n) is 7.02. The summed E-state index contributed by atoms with van der Waals surface area (Å²) in [7, 11) is 0. The Kier molecular flexibility index (Phi) is 4.26. The average molecular weight is 312 g/mol. The maximum Gasteiger partial charge on any atom is 0.131 e. The summed E-state index contributed by atoms with van der Waals surface area (Å²) in [6.45, 7) is 7.41. The fraction of sp³-hybridized carbons (Fsp3) is 0.421. The SMILES string of the molecule is CC(C)CC(C)(N)COc1ccc2c(c1)OCc1cnccc1-2. The van der Waals surface area contributed by atoms with Crippen molar-refractivity contribution in [1.82, 2.24) is 4.98 Å². The minimum Gasteiger partial charge on any atom is -0.492 e. The summed E-state index contributed by atoms with van der Waals surface area (Å²) in [6, 6.07) is 7.99. The zero-order chi connectivity index (χ0) is 16.4. The lowest BCUT2D eigenvalue weighted by molar-refractivity contribution is 0.205. The number of rotatable bonds is 5. The van der Waals surface area contributed by atoms with E-state index in [2.05, 4.69) is 18.8 Å². The third-order valence-corrected chi connectivity index (χ3v) is 3.97. The molecule has 122 valence electrons. The predicted octanol–water partition coefficient (Wildman–Crippen LogP) is 3.78. The Balaban J connectivity index is 1.75. The van der Waals surface area contributed by atoms with E-state index >= 15 is 0 Å². The maximum absolute atomic E-state index is 6.30. The van der Waals surface area contributed by atoms with E-state index in [1.54, 1.807) is 0 Å². The normalized spacial score (nSPS) is 15.3. The summed E-state index contributed by atoms with van der Waals surface area (Å²) in [4.78, 5) is 4.15. The number of fused-ring (bicyclic) bond motifs is 3. The van der Waals surface area contributed by atoms with E-state index in [9.17, 15) is 0 Å². The van der Waals surface area contributed by atoms with Gasteiger partial charge >= 0.3 is 0 Å². The monoisotopic (exact) mass is 312 g/mol. The molecule has 0 bridgehead atoms. The van der Waals surface area contributed by atoms with Crippen LogP contribution in [0.25, 0.3) is 11.1 Å². The molecule has 4 nitrogen and oxygen atoms in total. The van der Waals surface area contributed by atoms with Gasteiger partial charge in [0, 0.05) is 35.1 Å². The van der Waals surface area contributed by atoms with Gasteiger partial charge in [-0.05, 0) is 43.0 Å². The van der Waals surface area contributed by atoms with Gasteiger partial charge in [-0.15, -0.1) is 0 Å². The van der Waals surface area contributed by atoms with Crippen molar-refractivity contribution in [2.24, 2.45) is 11.7 Å². The smallest absolute Gasteiger partial charge is 0.131 e. The molecule has 0 saturated carbocycles. The first-order valence-electron chi connectivity index (χ1n) is 8.06. The Morgan fingerprint density at radius 1 is 1.30 bits per heavy atom. The Morgan fingerprint density at radius 2 is 2.13 bits per heavy atom. The fourth-order valence-electron chi connectivity index (χ4n) is 3.13. The van der Waals surface area contributed by atoms with Gasteiger partial charge in [0.25, 0.3) is 0 Å². The Bertz CT molecular complexity index is 696. The van der Waals surface area contributed by atoms with Gasteiger partial charge in [0.1, 0.15) is 24.7 Å². The molecule has 0 fully saturated rings. The molecule has 2 N–H and O–H groups in total. The lowest BCUT2D eigenvalue weighted by Gasteiger charge is -2.27. The van der Waals surface area contributed by atoms with Gasteiger partial charge in [-0.1, -0.05) is 13.8 Å². The molecule has 0 amide bonds. The van der Waals surface area contributed by atoms with Crippen LogP contribution in [0.4, 0.5) is 0 Å². The summed E-state index contributed by atoms with van der Waals surface area (Å²) < 4.78 is 11.7. The van der Waals surface area contributed by atoms with Gasteiger partial charge in [-0.2, -0.15) is 0 Å². The molecule has 23 heavy (non-hydrogen) atoms. The van der Waals surface area contributed by atoms with E-state index in [4.69, 9.17) is 15.2 Å². The number of hydrogen-bond acceptors (Lipinski definition) is 4. The molecule has 1 aromatic heterocycles. The lowest BCUT2D eigenvalue weighted by atomic mass is 9.93. The van der Waals surface area contributed by atoms with Crippen molar-refractivity contribution < 1.29 is 9.47 Å². The lowest BCUT2D eigenvalue weighted by Crippen LogP contribution is -2.43. The molecule has 0 saturated heterocycles. The molecule has 1 unspecified atom stereocenters. The van der Waals surface area contributed by atoms with E-state index in [0.29, 0.717) is 19.1 Å². The third kappa shape index (κ3) is 3.64. The molecule has 1 atom stereocenters.